The van der Waals surface area contributed by atoms with E-state index in [0.717, 1.165) is 17.1 Å². The molecule has 2 N–H and O–H groups in total. The molecule has 0 saturated heterocycles. The Morgan fingerprint density at radius 2 is 1.33 bits per heavy atom. The second kappa shape index (κ2) is 7.83. The Morgan fingerprint density at radius 3 is 2.00 bits per heavy atom. The maximum atomic E-state index is 11.9. The highest BCUT2D eigenvalue weighted by atomic mass is 16.5. The van der Waals surface area contributed by atoms with Crippen LogP contribution in [-0.2, 0) is 6.54 Å². The lowest BCUT2D eigenvalue weighted by Crippen LogP contribution is -2.28. The molecule has 24 heavy (non-hydrogen) atoms. The van der Waals surface area contributed by atoms with Crippen LogP contribution in [0.3, 0.4) is 0 Å². The first-order valence-electron chi connectivity index (χ1n) is 7.71. The van der Waals surface area contributed by atoms with E-state index < -0.39 is 0 Å². The molecule has 0 radical (unpaired) electrons. The monoisotopic (exact) mass is 318 g/mol. The van der Waals surface area contributed by atoms with Gasteiger partial charge in [-0.05, 0) is 42.0 Å². The smallest absolute Gasteiger partial charge is 0.319 e. The van der Waals surface area contributed by atoms with Gasteiger partial charge in [-0.25, -0.2) is 4.79 Å². The predicted octanol–water partition coefficient (Wildman–Crippen LogP) is 4.80. The summed E-state index contributed by atoms with van der Waals surface area (Å²) in [5.41, 5.74) is 1.76. The first-order chi connectivity index (χ1) is 11.8. The third kappa shape index (κ3) is 4.61. The van der Waals surface area contributed by atoms with Crippen molar-refractivity contribution >= 4 is 11.7 Å². The van der Waals surface area contributed by atoms with Crippen LogP contribution in [0.15, 0.2) is 84.9 Å². The van der Waals surface area contributed by atoms with Crippen LogP contribution < -0.4 is 15.4 Å². The SMILES string of the molecule is O=C(NCc1ccccc1)Nc1ccc(Oc2ccccc2)cc1. The summed E-state index contributed by atoms with van der Waals surface area (Å²) in [6.07, 6.45) is 0. The van der Waals surface area contributed by atoms with Crippen molar-refractivity contribution in [3.8, 4) is 11.5 Å². The minimum absolute atomic E-state index is 0.240. The Morgan fingerprint density at radius 1 is 0.750 bits per heavy atom. The van der Waals surface area contributed by atoms with Gasteiger partial charge in [-0.15, -0.1) is 0 Å². The fourth-order valence-electron chi connectivity index (χ4n) is 2.18. The Hall–Kier alpha value is -3.27. The molecule has 4 nitrogen and oxygen atoms in total. The molecular formula is C20H18N2O2. The number of ether oxygens (including phenoxy) is 1. The van der Waals surface area contributed by atoms with Gasteiger partial charge in [-0.2, -0.15) is 0 Å². The summed E-state index contributed by atoms with van der Waals surface area (Å²) in [7, 11) is 0. The fraction of sp³-hybridized carbons (Fsp3) is 0.0500. The second-order valence-corrected chi connectivity index (χ2v) is 5.23. The molecule has 0 spiro atoms. The van der Waals surface area contributed by atoms with Crippen LogP contribution in [0, 0.1) is 0 Å². The van der Waals surface area contributed by atoms with Crippen molar-refractivity contribution in [2.75, 3.05) is 5.32 Å². The van der Waals surface area contributed by atoms with E-state index in [4.69, 9.17) is 4.74 Å². The number of benzene rings is 3. The van der Waals surface area contributed by atoms with Crippen LogP contribution in [0.5, 0.6) is 11.5 Å². The lowest BCUT2D eigenvalue weighted by Gasteiger charge is -2.09. The third-order valence-corrected chi connectivity index (χ3v) is 3.39. The zero-order valence-electron chi connectivity index (χ0n) is 13.1. The van der Waals surface area contributed by atoms with Crippen LogP contribution in [0.1, 0.15) is 5.56 Å². The molecule has 4 heteroatoms. The van der Waals surface area contributed by atoms with Gasteiger partial charge < -0.3 is 15.4 Å². The van der Waals surface area contributed by atoms with Gasteiger partial charge >= 0.3 is 6.03 Å². The first kappa shape index (κ1) is 15.6. The van der Waals surface area contributed by atoms with Gasteiger partial charge in [0.1, 0.15) is 11.5 Å². The molecule has 0 aliphatic rings. The lowest BCUT2D eigenvalue weighted by molar-refractivity contribution is 0.251. The van der Waals surface area contributed by atoms with Gasteiger partial charge in [0.25, 0.3) is 0 Å². The highest BCUT2D eigenvalue weighted by Gasteiger charge is 2.02. The summed E-state index contributed by atoms with van der Waals surface area (Å²) in [6.45, 7) is 0.488. The number of hydrogen-bond acceptors (Lipinski definition) is 2. The van der Waals surface area contributed by atoms with Crippen LogP contribution >= 0.6 is 0 Å². The zero-order chi connectivity index (χ0) is 16.6. The Balaban J connectivity index is 1.51. The average Bonchev–Trinajstić information content (AvgIpc) is 2.63. The van der Waals surface area contributed by atoms with Gasteiger partial charge in [0.05, 0.1) is 0 Å². The third-order valence-electron chi connectivity index (χ3n) is 3.39. The number of carbonyl (C=O) groups is 1. The van der Waals surface area contributed by atoms with E-state index in [0.29, 0.717) is 12.2 Å². The number of anilines is 1. The Bertz CT molecular complexity index is 772. The molecule has 3 aromatic rings. The number of nitrogens with one attached hydrogen (secondary N) is 2. The second-order valence-electron chi connectivity index (χ2n) is 5.23. The number of para-hydroxylation sites is 1. The summed E-state index contributed by atoms with van der Waals surface area (Å²) in [5.74, 6) is 1.50. The summed E-state index contributed by atoms with van der Waals surface area (Å²) >= 11 is 0. The highest BCUT2D eigenvalue weighted by Crippen LogP contribution is 2.22. The minimum atomic E-state index is -0.240. The van der Waals surface area contributed by atoms with Crippen LogP contribution in [0.2, 0.25) is 0 Å². The molecule has 0 heterocycles. The van der Waals surface area contributed by atoms with Gasteiger partial charge in [0.15, 0.2) is 0 Å². The molecule has 0 unspecified atom stereocenters. The Labute approximate surface area is 141 Å². The minimum Gasteiger partial charge on any atom is -0.457 e. The molecule has 0 aliphatic heterocycles. The van der Waals surface area contributed by atoms with Gasteiger partial charge in [-0.1, -0.05) is 48.5 Å². The molecule has 3 aromatic carbocycles. The fourth-order valence-corrected chi connectivity index (χ4v) is 2.18. The van der Waals surface area contributed by atoms with Crippen molar-refractivity contribution in [1.82, 2.24) is 5.32 Å². The van der Waals surface area contributed by atoms with Crippen molar-refractivity contribution in [3.63, 3.8) is 0 Å². The largest absolute Gasteiger partial charge is 0.457 e. The Kier molecular flexibility index (Phi) is 5.10. The maximum Gasteiger partial charge on any atom is 0.319 e. The molecule has 0 atom stereocenters. The molecule has 0 aliphatic carbocycles. The van der Waals surface area contributed by atoms with Crippen LogP contribution in [0.4, 0.5) is 10.5 Å². The molecule has 0 aromatic heterocycles. The van der Waals surface area contributed by atoms with Crippen molar-refractivity contribution in [1.29, 1.82) is 0 Å². The maximum absolute atomic E-state index is 11.9. The van der Waals surface area contributed by atoms with E-state index in [2.05, 4.69) is 10.6 Å². The molecule has 0 bridgehead atoms. The van der Waals surface area contributed by atoms with Crippen molar-refractivity contribution in [2.45, 2.75) is 6.54 Å². The van der Waals surface area contributed by atoms with Crippen molar-refractivity contribution < 1.29 is 9.53 Å². The van der Waals surface area contributed by atoms with E-state index in [-0.39, 0.29) is 6.03 Å². The highest BCUT2D eigenvalue weighted by molar-refractivity contribution is 5.89. The molecule has 0 fully saturated rings. The van der Waals surface area contributed by atoms with Crippen LogP contribution in [-0.4, -0.2) is 6.03 Å². The number of hydrogen-bond donors (Lipinski definition) is 2. The van der Waals surface area contributed by atoms with Gasteiger partial charge in [0.2, 0.25) is 0 Å². The molecular weight excluding hydrogens is 300 g/mol. The summed E-state index contributed by atoms with van der Waals surface area (Å²) < 4.78 is 5.72. The summed E-state index contributed by atoms with van der Waals surface area (Å²) in [6, 6.07) is 26.3. The number of carbonyl (C=O) groups excluding carboxylic acids is 1. The van der Waals surface area contributed by atoms with E-state index in [1.807, 2.05) is 72.8 Å². The van der Waals surface area contributed by atoms with Crippen LogP contribution in [0.25, 0.3) is 0 Å². The van der Waals surface area contributed by atoms with E-state index >= 15 is 0 Å². The van der Waals surface area contributed by atoms with Crippen molar-refractivity contribution in [3.05, 3.63) is 90.5 Å². The normalized spacial score (nSPS) is 10.0. The van der Waals surface area contributed by atoms with E-state index in [1.165, 1.54) is 0 Å². The summed E-state index contributed by atoms with van der Waals surface area (Å²) in [5, 5.41) is 5.62. The first-order valence-corrected chi connectivity index (χ1v) is 7.71. The zero-order valence-corrected chi connectivity index (χ0v) is 13.1. The molecule has 2 amide bonds. The number of amides is 2. The number of urea groups is 1. The molecule has 3 rings (SSSR count). The molecule has 0 saturated carbocycles. The predicted molar refractivity (Wildman–Crippen MR) is 95.3 cm³/mol. The lowest BCUT2D eigenvalue weighted by atomic mass is 10.2. The van der Waals surface area contributed by atoms with E-state index in [1.54, 1.807) is 12.1 Å². The summed E-state index contributed by atoms with van der Waals surface area (Å²) in [4.78, 5) is 11.9. The topological polar surface area (TPSA) is 50.4 Å². The van der Waals surface area contributed by atoms with Crippen molar-refractivity contribution in [2.24, 2.45) is 0 Å². The average molecular weight is 318 g/mol. The quantitative estimate of drug-likeness (QED) is 0.710. The molecule has 120 valence electrons. The van der Waals surface area contributed by atoms with Gasteiger partial charge in [0, 0.05) is 12.2 Å². The number of rotatable bonds is 5. The standard InChI is InChI=1S/C20H18N2O2/c23-20(21-15-16-7-3-1-4-8-16)22-17-11-13-19(14-12-17)24-18-9-5-2-6-10-18/h1-14H,15H2,(H2,21,22,23). The van der Waals surface area contributed by atoms with Gasteiger partial charge in [-0.3, -0.25) is 0 Å². The van der Waals surface area contributed by atoms with E-state index in [9.17, 15) is 4.79 Å².